The summed E-state index contributed by atoms with van der Waals surface area (Å²) in [6.07, 6.45) is 6.42. The second-order valence-corrected chi connectivity index (χ2v) is 6.23. The van der Waals surface area contributed by atoms with Crippen molar-refractivity contribution < 1.29 is 0 Å². The molecule has 1 atom stereocenters. The maximum Gasteiger partial charge on any atom is 0.332 e. The van der Waals surface area contributed by atoms with Gasteiger partial charge in [-0.3, -0.25) is 13.9 Å². The van der Waals surface area contributed by atoms with E-state index in [0.29, 0.717) is 17.2 Å². The summed E-state index contributed by atoms with van der Waals surface area (Å²) in [5, 5.41) is 0. The molecule has 2 aromatic heterocycles. The van der Waals surface area contributed by atoms with Gasteiger partial charge in [0.25, 0.3) is 5.56 Å². The van der Waals surface area contributed by atoms with Crippen molar-refractivity contribution in [3.63, 3.8) is 0 Å². The molecule has 0 aromatic carbocycles. The third-order valence-electron chi connectivity index (χ3n) is 4.84. The van der Waals surface area contributed by atoms with E-state index in [2.05, 4.69) is 16.9 Å². The summed E-state index contributed by atoms with van der Waals surface area (Å²) in [4.78, 5) is 31.0. The van der Waals surface area contributed by atoms with Gasteiger partial charge in [0.05, 0.1) is 6.33 Å². The topological polar surface area (TPSA) is 65.1 Å². The van der Waals surface area contributed by atoms with Crippen LogP contribution >= 0.6 is 0 Å². The van der Waals surface area contributed by atoms with Crippen molar-refractivity contribution in [2.75, 3.05) is 13.6 Å². The highest BCUT2D eigenvalue weighted by molar-refractivity contribution is 5.69. The first-order valence-electron chi connectivity index (χ1n) is 7.82. The lowest BCUT2D eigenvalue weighted by Gasteiger charge is -2.32. The quantitative estimate of drug-likeness (QED) is 0.818. The van der Waals surface area contributed by atoms with Crippen LogP contribution in [0.15, 0.2) is 15.9 Å². The number of fused-ring (bicyclic) bond motifs is 1. The average molecular weight is 305 g/mol. The maximum atomic E-state index is 12.4. The summed E-state index contributed by atoms with van der Waals surface area (Å²) in [7, 11) is 5.32. The molecule has 1 unspecified atom stereocenters. The average Bonchev–Trinajstić information content (AvgIpc) is 2.94. The minimum absolute atomic E-state index is 0.271. The molecular weight excluding hydrogens is 282 g/mol. The molecule has 1 aliphatic heterocycles. The second-order valence-electron chi connectivity index (χ2n) is 6.23. The van der Waals surface area contributed by atoms with Gasteiger partial charge in [0.2, 0.25) is 0 Å². The minimum Gasteiger partial charge on any atom is -0.325 e. The molecule has 3 heterocycles. The SMILES string of the molecule is CN1CCCCC1CCn1cnc2c1c(=O)n(C)c(=O)n2C. The van der Waals surface area contributed by atoms with E-state index in [9.17, 15) is 9.59 Å². The van der Waals surface area contributed by atoms with Crippen molar-refractivity contribution in [3.05, 3.63) is 27.2 Å². The van der Waals surface area contributed by atoms with Crippen molar-refractivity contribution in [2.45, 2.75) is 38.3 Å². The minimum atomic E-state index is -0.338. The molecule has 1 fully saturated rings. The van der Waals surface area contributed by atoms with E-state index in [-0.39, 0.29) is 11.2 Å². The van der Waals surface area contributed by atoms with E-state index in [1.807, 2.05) is 4.57 Å². The maximum absolute atomic E-state index is 12.4. The molecular formula is C15H23N5O2. The van der Waals surface area contributed by atoms with E-state index in [4.69, 9.17) is 0 Å². The van der Waals surface area contributed by atoms with Gasteiger partial charge in [-0.15, -0.1) is 0 Å². The summed E-state index contributed by atoms with van der Waals surface area (Å²) < 4.78 is 4.47. The van der Waals surface area contributed by atoms with Crippen LogP contribution in [0.5, 0.6) is 0 Å². The largest absolute Gasteiger partial charge is 0.332 e. The standard InChI is InChI=1S/C15H23N5O2/c1-17-8-5-4-6-11(17)7-9-20-10-16-13-12(20)14(21)19(3)15(22)18(13)2/h10-11H,4-9H2,1-3H3. The number of hydrogen-bond donors (Lipinski definition) is 0. The monoisotopic (exact) mass is 305 g/mol. The van der Waals surface area contributed by atoms with Crippen molar-refractivity contribution >= 4 is 11.2 Å². The number of nitrogens with zero attached hydrogens (tertiary/aromatic N) is 5. The first kappa shape index (κ1) is 15.0. The fourth-order valence-corrected chi connectivity index (χ4v) is 3.36. The van der Waals surface area contributed by atoms with Crippen LogP contribution in [0.3, 0.4) is 0 Å². The van der Waals surface area contributed by atoms with E-state index < -0.39 is 0 Å². The van der Waals surface area contributed by atoms with Gasteiger partial charge in [-0.2, -0.15) is 0 Å². The molecule has 3 rings (SSSR count). The summed E-state index contributed by atoms with van der Waals surface area (Å²) in [5.74, 6) is 0. The molecule has 0 N–H and O–H groups in total. The molecule has 0 radical (unpaired) electrons. The molecule has 0 aliphatic carbocycles. The normalized spacial score (nSPS) is 19.9. The van der Waals surface area contributed by atoms with Gasteiger partial charge in [-0.05, 0) is 32.9 Å². The van der Waals surface area contributed by atoms with E-state index in [1.54, 1.807) is 13.4 Å². The zero-order valence-electron chi connectivity index (χ0n) is 13.4. The summed E-state index contributed by atoms with van der Waals surface area (Å²) >= 11 is 0. The summed E-state index contributed by atoms with van der Waals surface area (Å²) in [6.45, 7) is 1.89. The van der Waals surface area contributed by atoms with Crippen LogP contribution in [-0.4, -0.2) is 43.2 Å². The zero-order valence-corrected chi connectivity index (χ0v) is 13.4. The second kappa shape index (κ2) is 5.72. The highest BCUT2D eigenvalue weighted by atomic mass is 16.2. The zero-order chi connectivity index (χ0) is 15.9. The Bertz CT molecular complexity index is 801. The van der Waals surface area contributed by atoms with E-state index in [1.165, 1.54) is 30.9 Å². The molecule has 7 heteroatoms. The Hall–Kier alpha value is -1.89. The molecule has 22 heavy (non-hydrogen) atoms. The number of likely N-dealkylation sites (tertiary alicyclic amines) is 1. The van der Waals surface area contributed by atoms with Crippen molar-refractivity contribution in [1.82, 2.24) is 23.6 Å². The number of hydrogen-bond acceptors (Lipinski definition) is 4. The molecule has 120 valence electrons. The van der Waals surface area contributed by atoms with Crippen LogP contribution in [0.2, 0.25) is 0 Å². The summed E-state index contributed by atoms with van der Waals surface area (Å²) in [5.41, 5.74) is 0.371. The predicted molar refractivity (Wildman–Crippen MR) is 85.1 cm³/mol. The van der Waals surface area contributed by atoms with Crippen molar-refractivity contribution in [3.8, 4) is 0 Å². The van der Waals surface area contributed by atoms with Gasteiger partial charge in [0, 0.05) is 26.7 Å². The molecule has 0 bridgehead atoms. The molecule has 1 aliphatic rings. The van der Waals surface area contributed by atoms with E-state index >= 15 is 0 Å². The van der Waals surface area contributed by atoms with Gasteiger partial charge in [0.15, 0.2) is 11.2 Å². The molecule has 1 saturated heterocycles. The Balaban J connectivity index is 1.92. The Labute approximate surface area is 128 Å². The summed E-state index contributed by atoms with van der Waals surface area (Å²) in [6, 6.07) is 0.558. The number of aromatic nitrogens is 4. The molecule has 0 spiro atoms. The van der Waals surface area contributed by atoms with Crippen LogP contribution < -0.4 is 11.2 Å². The third-order valence-corrected chi connectivity index (χ3v) is 4.84. The lowest BCUT2D eigenvalue weighted by molar-refractivity contribution is 0.171. The predicted octanol–water partition coefficient (Wildman–Crippen LogP) is 0.308. The van der Waals surface area contributed by atoms with Gasteiger partial charge < -0.3 is 9.47 Å². The first-order valence-corrected chi connectivity index (χ1v) is 7.82. The first-order chi connectivity index (χ1) is 10.5. The molecule has 0 amide bonds. The molecule has 2 aromatic rings. The highest BCUT2D eigenvalue weighted by Gasteiger charge is 2.20. The smallest absolute Gasteiger partial charge is 0.325 e. The lowest BCUT2D eigenvalue weighted by Crippen LogP contribution is -2.38. The number of rotatable bonds is 3. The van der Waals surface area contributed by atoms with Crippen LogP contribution in [0.1, 0.15) is 25.7 Å². The van der Waals surface area contributed by atoms with Crippen molar-refractivity contribution in [2.24, 2.45) is 14.1 Å². The Morgan fingerprint density at radius 1 is 1.18 bits per heavy atom. The van der Waals surface area contributed by atoms with Crippen LogP contribution in [-0.2, 0) is 20.6 Å². The Kier molecular flexibility index (Phi) is 3.90. The van der Waals surface area contributed by atoms with Gasteiger partial charge in [-0.1, -0.05) is 6.42 Å². The van der Waals surface area contributed by atoms with Crippen LogP contribution in [0.4, 0.5) is 0 Å². The molecule has 0 saturated carbocycles. The van der Waals surface area contributed by atoms with Gasteiger partial charge >= 0.3 is 5.69 Å². The van der Waals surface area contributed by atoms with Gasteiger partial charge in [-0.25, -0.2) is 9.78 Å². The Morgan fingerprint density at radius 3 is 2.68 bits per heavy atom. The van der Waals surface area contributed by atoms with E-state index in [0.717, 1.165) is 24.1 Å². The van der Waals surface area contributed by atoms with Crippen LogP contribution in [0, 0.1) is 0 Å². The number of imidazole rings is 1. The fraction of sp³-hybridized carbons (Fsp3) is 0.667. The van der Waals surface area contributed by atoms with Crippen molar-refractivity contribution in [1.29, 1.82) is 0 Å². The Morgan fingerprint density at radius 2 is 1.95 bits per heavy atom. The van der Waals surface area contributed by atoms with Gasteiger partial charge in [0.1, 0.15) is 0 Å². The fourth-order valence-electron chi connectivity index (χ4n) is 3.36. The lowest BCUT2D eigenvalue weighted by atomic mass is 10.0. The molecule has 7 nitrogen and oxygen atoms in total. The number of aryl methyl sites for hydroxylation is 2. The number of piperidine rings is 1. The van der Waals surface area contributed by atoms with Crippen LogP contribution in [0.25, 0.3) is 11.2 Å². The third kappa shape index (κ3) is 2.39. The highest BCUT2D eigenvalue weighted by Crippen LogP contribution is 2.19.